The van der Waals surface area contributed by atoms with Crippen LogP contribution in [0.2, 0.25) is 0 Å². The highest BCUT2D eigenvalue weighted by molar-refractivity contribution is 5.27. The third kappa shape index (κ3) is 5.68. The molecule has 0 spiro atoms. The van der Waals surface area contributed by atoms with E-state index in [0.717, 1.165) is 31.4 Å². The van der Waals surface area contributed by atoms with Crippen molar-refractivity contribution in [1.29, 1.82) is 0 Å². The summed E-state index contributed by atoms with van der Waals surface area (Å²) in [4.78, 5) is 2.59. The van der Waals surface area contributed by atoms with Gasteiger partial charge in [0, 0.05) is 19.6 Å². The Kier molecular flexibility index (Phi) is 7.04. The molecule has 1 fully saturated rings. The number of ether oxygens (including phenoxy) is 1. The van der Waals surface area contributed by atoms with Crippen molar-refractivity contribution in [3.05, 3.63) is 29.8 Å². The Labute approximate surface area is 129 Å². The van der Waals surface area contributed by atoms with Gasteiger partial charge in [-0.1, -0.05) is 25.5 Å². The standard InChI is InChI=1S/C18H30N2O/c1-3-16-9-12-20(13-10-16)14-11-19-15-17-5-7-18(8-6-17)21-4-2/h5-8,16,19H,3-4,9-15H2,1-2H3. The lowest BCUT2D eigenvalue weighted by Gasteiger charge is -2.31. The van der Waals surface area contributed by atoms with Gasteiger partial charge in [0.25, 0.3) is 0 Å². The van der Waals surface area contributed by atoms with E-state index in [0.29, 0.717) is 0 Å². The highest BCUT2D eigenvalue weighted by Gasteiger charge is 2.16. The fourth-order valence-electron chi connectivity index (χ4n) is 2.96. The number of hydrogen-bond donors (Lipinski definition) is 1. The molecule has 0 aromatic heterocycles. The Bertz CT molecular complexity index is 383. The van der Waals surface area contributed by atoms with Crippen LogP contribution in [0.1, 0.15) is 38.7 Å². The maximum Gasteiger partial charge on any atom is 0.119 e. The van der Waals surface area contributed by atoms with Gasteiger partial charge in [-0.25, -0.2) is 0 Å². The molecule has 21 heavy (non-hydrogen) atoms. The van der Waals surface area contributed by atoms with E-state index in [2.05, 4.69) is 41.4 Å². The third-order valence-electron chi connectivity index (χ3n) is 4.45. The minimum absolute atomic E-state index is 0.728. The zero-order valence-corrected chi connectivity index (χ0v) is 13.6. The normalized spacial score (nSPS) is 17.0. The Morgan fingerprint density at radius 1 is 1.14 bits per heavy atom. The number of benzene rings is 1. The third-order valence-corrected chi connectivity index (χ3v) is 4.45. The SMILES string of the molecule is CCOc1ccc(CNCCN2CCC(CC)CC2)cc1. The van der Waals surface area contributed by atoms with Crippen LogP contribution in [0.25, 0.3) is 0 Å². The van der Waals surface area contributed by atoms with Crippen molar-refractivity contribution in [2.45, 2.75) is 39.7 Å². The van der Waals surface area contributed by atoms with E-state index in [4.69, 9.17) is 4.74 Å². The predicted octanol–water partition coefficient (Wildman–Crippen LogP) is 3.30. The molecule has 1 aromatic carbocycles. The zero-order chi connectivity index (χ0) is 14.9. The van der Waals surface area contributed by atoms with Crippen LogP contribution in [0.15, 0.2) is 24.3 Å². The van der Waals surface area contributed by atoms with Crippen molar-refractivity contribution in [3.63, 3.8) is 0 Å². The fraction of sp³-hybridized carbons (Fsp3) is 0.667. The van der Waals surface area contributed by atoms with E-state index in [1.807, 2.05) is 6.92 Å². The lowest BCUT2D eigenvalue weighted by atomic mass is 9.94. The molecule has 1 N–H and O–H groups in total. The minimum atomic E-state index is 0.728. The second-order valence-corrected chi connectivity index (χ2v) is 5.95. The molecule has 1 aliphatic rings. The smallest absolute Gasteiger partial charge is 0.119 e. The lowest BCUT2D eigenvalue weighted by Crippen LogP contribution is -2.38. The Morgan fingerprint density at radius 2 is 1.86 bits per heavy atom. The molecule has 2 rings (SSSR count). The first-order chi connectivity index (χ1) is 10.3. The first kappa shape index (κ1) is 16.3. The van der Waals surface area contributed by atoms with Gasteiger partial charge in [0.05, 0.1) is 6.61 Å². The molecule has 0 amide bonds. The van der Waals surface area contributed by atoms with E-state index in [9.17, 15) is 0 Å². The van der Waals surface area contributed by atoms with Gasteiger partial charge in [0.2, 0.25) is 0 Å². The summed E-state index contributed by atoms with van der Waals surface area (Å²) in [6, 6.07) is 8.39. The molecule has 1 saturated heterocycles. The number of hydrogen-bond acceptors (Lipinski definition) is 3. The summed E-state index contributed by atoms with van der Waals surface area (Å²) in [6.07, 6.45) is 4.12. The Hall–Kier alpha value is -1.06. The average molecular weight is 290 g/mol. The maximum absolute atomic E-state index is 5.46. The second kappa shape index (κ2) is 9.06. The van der Waals surface area contributed by atoms with Gasteiger partial charge < -0.3 is 15.0 Å². The van der Waals surface area contributed by atoms with Gasteiger partial charge in [-0.2, -0.15) is 0 Å². The van der Waals surface area contributed by atoms with Crippen LogP contribution in [0, 0.1) is 5.92 Å². The zero-order valence-electron chi connectivity index (χ0n) is 13.6. The van der Waals surface area contributed by atoms with Crippen molar-refractivity contribution in [1.82, 2.24) is 10.2 Å². The van der Waals surface area contributed by atoms with Crippen molar-refractivity contribution in [3.8, 4) is 5.75 Å². The number of nitrogens with zero attached hydrogens (tertiary/aromatic N) is 1. The average Bonchev–Trinajstić information content (AvgIpc) is 2.54. The van der Waals surface area contributed by atoms with Crippen molar-refractivity contribution < 1.29 is 4.74 Å². The summed E-state index contributed by atoms with van der Waals surface area (Å²) in [6.45, 7) is 10.8. The molecule has 1 heterocycles. The van der Waals surface area contributed by atoms with Crippen LogP contribution in [0.5, 0.6) is 5.75 Å². The summed E-state index contributed by atoms with van der Waals surface area (Å²) < 4.78 is 5.46. The van der Waals surface area contributed by atoms with Gasteiger partial charge in [-0.3, -0.25) is 0 Å². The highest BCUT2D eigenvalue weighted by atomic mass is 16.5. The van der Waals surface area contributed by atoms with Crippen LogP contribution in [0.4, 0.5) is 0 Å². The molecule has 1 aliphatic heterocycles. The summed E-state index contributed by atoms with van der Waals surface area (Å²) in [5, 5.41) is 3.54. The Morgan fingerprint density at radius 3 is 2.48 bits per heavy atom. The molecule has 0 radical (unpaired) electrons. The topological polar surface area (TPSA) is 24.5 Å². The van der Waals surface area contributed by atoms with Crippen LogP contribution >= 0.6 is 0 Å². The van der Waals surface area contributed by atoms with Crippen LogP contribution in [-0.2, 0) is 6.54 Å². The van der Waals surface area contributed by atoms with Gasteiger partial charge in [0.15, 0.2) is 0 Å². The van der Waals surface area contributed by atoms with Gasteiger partial charge in [-0.15, -0.1) is 0 Å². The van der Waals surface area contributed by atoms with Gasteiger partial charge in [-0.05, 0) is 56.5 Å². The summed E-state index contributed by atoms with van der Waals surface area (Å²) >= 11 is 0. The summed E-state index contributed by atoms with van der Waals surface area (Å²) in [5.74, 6) is 1.93. The monoisotopic (exact) mass is 290 g/mol. The molecule has 0 saturated carbocycles. The number of likely N-dealkylation sites (tertiary alicyclic amines) is 1. The molecule has 1 aromatic rings. The molecular formula is C18H30N2O. The van der Waals surface area contributed by atoms with Crippen LogP contribution < -0.4 is 10.1 Å². The minimum Gasteiger partial charge on any atom is -0.494 e. The van der Waals surface area contributed by atoms with Crippen LogP contribution in [-0.4, -0.2) is 37.7 Å². The molecule has 0 unspecified atom stereocenters. The molecule has 0 bridgehead atoms. The van der Waals surface area contributed by atoms with Gasteiger partial charge in [0.1, 0.15) is 5.75 Å². The number of piperidine rings is 1. The van der Waals surface area contributed by atoms with Crippen molar-refractivity contribution in [2.24, 2.45) is 5.92 Å². The first-order valence-electron chi connectivity index (χ1n) is 8.46. The number of nitrogens with one attached hydrogen (secondary N) is 1. The maximum atomic E-state index is 5.46. The first-order valence-corrected chi connectivity index (χ1v) is 8.46. The summed E-state index contributed by atoms with van der Waals surface area (Å²) in [7, 11) is 0. The second-order valence-electron chi connectivity index (χ2n) is 5.95. The van der Waals surface area contributed by atoms with E-state index in [-0.39, 0.29) is 0 Å². The summed E-state index contributed by atoms with van der Waals surface area (Å²) in [5.41, 5.74) is 1.32. The van der Waals surface area contributed by atoms with E-state index < -0.39 is 0 Å². The van der Waals surface area contributed by atoms with Crippen LogP contribution in [0.3, 0.4) is 0 Å². The van der Waals surface area contributed by atoms with Gasteiger partial charge >= 0.3 is 0 Å². The molecule has 3 nitrogen and oxygen atoms in total. The molecule has 3 heteroatoms. The molecule has 0 atom stereocenters. The molecule has 0 aliphatic carbocycles. The quantitative estimate of drug-likeness (QED) is 0.744. The van der Waals surface area contributed by atoms with E-state index in [1.54, 1.807) is 0 Å². The number of rotatable bonds is 8. The Balaban J connectivity index is 1.59. The fourth-order valence-corrected chi connectivity index (χ4v) is 2.96. The highest BCUT2D eigenvalue weighted by Crippen LogP contribution is 2.19. The van der Waals surface area contributed by atoms with Crippen molar-refractivity contribution >= 4 is 0 Å². The predicted molar refractivity (Wildman–Crippen MR) is 88.8 cm³/mol. The largest absolute Gasteiger partial charge is 0.494 e. The van der Waals surface area contributed by atoms with E-state index in [1.165, 1.54) is 44.5 Å². The lowest BCUT2D eigenvalue weighted by molar-refractivity contribution is 0.182. The molecule has 118 valence electrons. The van der Waals surface area contributed by atoms with E-state index >= 15 is 0 Å². The van der Waals surface area contributed by atoms with Crippen molar-refractivity contribution in [2.75, 3.05) is 32.8 Å². The molecular weight excluding hydrogens is 260 g/mol.